The van der Waals surface area contributed by atoms with Crippen molar-refractivity contribution in [1.82, 2.24) is 5.43 Å². The maximum absolute atomic E-state index is 10.7. The highest BCUT2D eigenvalue weighted by atomic mass is 32.2. The van der Waals surface area contributed by atoms with Crippen molar-refractivity contribution in [3.8, 4) is 0 Å². The largest absolute Gasteiger partial charge is 0.294 e. The zero-order chi connectivity index (χ0) is 9.40. The summed E-state index contributed by atoms with van der Waals surface area (Å²) >= 11 is 1.47. The summed E-state index contributed by atoms with van der Waals surface area (Å²) in [5.41, 5.74) is 2.07. The first-order chi connectivity index (χ1) is 5.70. The van der Waals surface area contributed by atoms with Gasteiger partial charge in [-0.1, -0.05) is 18.2 Å². The summed E-state index contributed by atoms with van der Waals surface area (Å²) in [6, 6.07) is 0. The fraction of sp³-hybridized carbons (Fsp3) is 0.375. The highest BCUT2D eigenvalue weighted by Gasteiger charge is 1.97. The van der Waals surface area contributed by atoms with E-state index in [4.69, 9.17) is 5.84 Å². The molecule has 0 aliphatic heterocycles. The van der Waals surface area contributed by atoms with Gasteiger partial charge >= 0.3 is 0 Å². The molecule has 12 heavy (non-hydrogen) atoms. The van der Waals surface area contributed by atoms with Crippen LogP contribution in [-0.2, 0) is 4.79 Å². The lowest BCUT2D eigenvalue weighted by Crippen LogP contribution is -2.31. The van der Waals surface area contributed by atoms with Gasteiger partial charge < -0.3 is 0 Å². The standard InChI is InChI=1S/C8H14N2OS/c1-3-4-5-7(2)12-6-8(11)10-9/h3-5H,6,9H2,1-2H3,(H,10,11)/b4-3-,7-5+. The molecule has 0 aliphatic carbocycles. The van der Waals surface area contributed by atoms with Gasteiger partial charge in [-0.15, -0.1) is 11.8 Å². The zero-order valence-electron chi connectivity index (χ0n) is 7.33. The van der Waals surface area contributed by atoms with Crippen LogP contribution in [0, 0.1) is 0 Å². The highest BCUT2D eigenvalue weighted by Crippen LogP contribution is 2.13. The van der Waals surface area contributed by atoms with Crippen LogP contribution in [0.4, 0.5) is 0 Å². The second-order valence-electron chi connectivity index (χ2n) is 2.16. The first-order valence-electron chi connectivity index (χ1n) is 3.62. The van der Waals surface area contributed by atoms with Crippen molar-refractivity contribution in [2.24, 2.45) is 5.84 Å². The number of thioether (sulfide) groups is 1. The Balaban J connectivity index is 3.70. The van der Waals surface area contributed by atoms with E-state index >= 15 is 0 Å². The van der Waals surface area contributed by atoms with E-state index in [0.717, 1.165) is 4.91 Å². The second-order valence-corrected chi connectivity index (χ2v) is 3.38. The smallest absolute Gasteiger partial charge is 0.244 e. The van der Waals surface area contributed by atoms with Gasteiger partial charge in [0, 0.05) is 0 Å². The van der Waals surface area contributed by atoms with Crippen molar-refractivity contribution in [3.05, 3.63) is 23.1 Å². The topological polar surface area (TPSA) is 55.1 Å². The number of hydrogen-bond donors (Lipinski definition) is 2. The number of nitrogens with one attached hydrogen (secondary N) is 1. The first kappa shape index (κ1) is 11.3. The monoisotopic (exact) mass is 186 g/mol. The van der Waals surface area contributed by atoms with Crippen LogP contribution in [0.15, 0.2) is 23.1 Å². The molecule has 0 atom stereocenters. The minimum atomic E-state index is -0.159. The van der Waals surface area contributed by atoms with Crippen LogP contribution in [0.1, 0.15) is 13.8 Å². The average molecular weight is 186 g/mol. The average Bonchev–Trinajstić information content (AvgIpc) is 2.10. The molecule has 3 nitrogen and oxygen atoms in total. The molecule has 0 saturated carbocycles. The van der Waals surface area contributed by atoms with Gasteiger partial charge in [0.25, 0.3) is 0 Å². The Bertz CT molecular complexity index is 199. The van der Waals surface area contributed by atoms with Crippen LogP contribution in [0.5, 0.6) is 0 Å². The molecule has 0 spiro atoms. The number of rotatable bonds is 4. The summed E-state index contributed by atoms with van der Waals surface area (Å²) in [4.78, 5) is 11.8. The number of allylic oxidation sites excluding steroid dienone is 4. The number of hydrazine groups is 1. The van der Waals surface area contributed by atoms with Gasteiger partial charge in [0.05, 0.1) is 5.75 Å². The molecule has 0 rings (SSSR count). The number of carbonyl (C=O) groups is 1. The second kappa shape index (κ2) is 6.94. The van der Waals surface area contributed by atoms with Gasteiger partial charge in [0.1, 0.15) is 0 Å². The summed E-state index contributed by atoms with van der Waals surface area (Å²) in [6.07, 6.45) is 5.82. The van der Waals surface area contributed by atoms with E-state index < -0.39 is 0 Å². The van der Waals surface area contributed by atoms with Crippen molar-refractivity contribution in [2.45, 2.75) is 13.8 Å². The fourth-order valence-corrected chi connectivity index (χ4v) is 1.12. The van der Waals surface area contributed by atoms with Crippen molar-refractivity contribution >= 4 is 17.7 Å². The Morgan fingerprint density at radius 1 is 1.67 bits per heavy atom. The normalized spacial score (nSPS) is 12.1. The summed E-state index contributed by atoms with van der Waals surface area (Å²) in [5.74, 6) is 5.12. The Hall–Kier alpha value is -0.740. The predicted octanol–water partition coefficient (Wildman–Crippen LogP) is 1.19. The predicted molar refractivity (Wildman–Crippen MR) is 53.4 cm³/mol. The van der Waals surface area contributed by atoms with Gasteiger partial charge in [-0.05, 0) is 18.8 Å². The first-order valence-corrected chi connectivity index (χ1v) is 4.61. The van der Waals surface area contributed by atoms with Crippen molar-refractivity contribution in [3.63, 3.8) is 0 Å². The van der Waals surface area contributed by atoms with E-state index in [9.17, 15) is 4.79 Å². The zero-order valence-corrected chi connectivity index (χ0v) is 8.15. The van der Waals surface area contributed by atoms with E-state index in [-0.39, 0.29) is 5.91 Å². The van der Waals surface area contributed by atoms with Gasteiger partial charge in [0.15, 0.2) is 0 Å². The Kier molecular flexibility index (Phi) is 6.51. The van der Waals surface area contributed by atoms with Crippen molar-refractivity contribution < 1.29 is 4.79 Å². The third kappa shape index (κ3) is 6.00. The number of carbonyl (C=O) groups excluding carboxylic acids is 1. The Morgan fingerprint density at radius 3 is 2.83 bits per heavy atom. The molecule has 3 N–H and O–H groups in total. The molecule has 68 valence electrons. The van der Waals surface area contributed by atoms with Crippen LogP contribution >= 0.6 is 11.8 Å². The summed E-state index contributed by atoms with van der Waals surface area (Å²) in [6.45, 7) is 3.90. The number of amides is 1. The van der Waals surface area contributed by atoms with Crippen molar-refractivity contribution in [1.29, 1.82) is 0 Å². The van der Waals surface area contributed by atoms with Crippen LogP contribution in [-0.4, -0.2) is 11.7 Å². The van der Waals surface area contributed by atoms with E-state index in [1.807, 2.05) is 32.1 Å². The van der Waals surface area contributed by atoms with Crippen LogP contribution in [0.3, 0.4) is 0 Å². The molecular weight excluding hydrogens is 172 g/mol. The summed E-state index contributed by atoms with van der Waals surface area (Å²) in [7, 11) is 0. The molecule has 1 amide bonds. The SMILES string of the molecule is C/C=C\C=C(/C)SCC(=O)NN. The molecule has 0 heterocycles. The van der Waals surface area contributed by atoms with E-state index in [2.05, 4.69) is 5.43 Å². The lowest BCUT2D eigenvalue weighted by molar-refractivity contribution is -0.118. The van der Waals surface area contributed by atoms with Crippen LogP contribution < -0.4 is 11.3 Å². The maximum atomic E-state index is 10.7. The van der Waals surface area contributed by atoms with Crippen LogP contribution in [0.25, 0.3) is 0 Å². The molecule has 0 aliphatic rings. The third-order valence-electron chi connectivity index (χ3n) is 1.12. The highest BCUT2D eigenvalue weighted by molar-refractivity contribution is 8.03. The number of nitrogens with two attached hydrogens (primary N) is 1. The lowest BCUT2D eigenvalue weighted by Gasteiger charge is -1.98. The molecule has 0 saturated heterocycles. The molecule has 0 radical (unpaired) electrons. The van der Waals surface area contributed by atoms with Crippen molar-refractivity contribution in [2.75, 3.05) is 5.75 Å². The van der Waals surface area contributed by atoms with E-state index in [0.29, 0.717) is 5.75 Å². The Morgan fingerprint density at radius 2 is 2.33 bits per heavy atom. The van der Waals surface area contributed by atoms with Gasteiger partial charge in [-0.2, -0.15) is 0 Å². The summed E-state index contributed by atoms with van der Waals surface area (Å²) < 4.78 is 0. The molecule has 4 heteroatoms. The molecule has 0 bridgehead atoms. The van der Waals surface area contributed by atoms with Gasteiger partial charge in [0.2, 0.25) is 5.91 Å². The molecule has 0 unspecified atom stereocenters. The van der Waals surface area contributed by atoms with Gasteiger partial charge in [-0.25, -0.2) is 5.84 Å². The molecule has 0 fully saturated rings. The van der Waals surface area contributed by atoms with Crippen LogP contribution in [0.2, 0.25) is 0 Å². The lowest BCUT2D eigenvalue weighted by atomic mass is 10.5. The maximum Gasteiger partial charge on any atom is 0.244 e. The number of hydrogen-bond acceptors (Lipinski definition) is 3. The third-order valence-corrected chi connectivity index (χ3v) is 2.11. The summed E-state index contributed by atoms with van der Waals surface area (Å²) in [5, 5.41) is 0. The van der Waals surface area contributed by atoms with E-state index in [1.165, 1.54) is 11.8 Å². The molecular formula is C8H14N2OS. The quantitative estimate of drug-likeness (QED) is 0.300. The fourth-order valence-electron chi connectivity index (χ4n) is 0.501. The van der Waals surface area contributed by atoms with Gasteiger partial charge in [-0.3, -0.25) is 10.2 Å². The van der Waals surface area contributed by atoms with E-state index in [1.54, 1.807) is 0 Å². The molecule has 0 aromatic rings. The molecule has 0 aromatic heterocycles. The minimum Gasteiger partial charge on any atom is -0.294 e. The Labute approximate surface area is 77.1 Å². The minimum absolute atomic E-state index is 0.159. The molecule has 0 aromatic carbocycles.